The molecule has 2 amide bonds. The van der Waals surface area contributed by atoms with Gasteiger partial charge in [0.1, 0.15) is 12.6 Å². The molecule has 4 rings (SSSR count). The topological polar surface area (TPSA) is 86.8 Å². The van der Waals surface area contributed by atoms with Crippen molar-refractivity contribution in [2.75, 3.05) is 17.1 Å². The molecule has 0 spiro atoms. The Morgan fingerprint density at radius 3 is 2.29 bits per heavy atom. The summed E-state index contributed by atoms with van der Waals surface area (Å²) < 4.78 is 27.6. The largest absolute Gasteiger partial charge is 0.352 e. The third-order valence-corrected chi connectivity index (χ3v) is 9.23. The van der Waals surface area contributed by atoms with E-state index in [-0.39, 0.29) is 35.6 Å². The highest BCUT2D eigenvalue weighted by atomic mass is 79.9. The van der Waals surface area contributed by atoms with Gasteiger partial charge in [-0.2, -0.15) is 0 Å². The number of carbonyl (C=O) groups excluding carboxylic acids is 2. The van der Waals surface area contributed by atoms with Gasteiger partial charge in [-0.3, -0.25) is 13.9 Å². The fourth-order valence-corrected chi connectivity index (χ4v) is 6.90. The second-order valence-electron chi connectivity index (χ2n) is 10.2. The van der Waals surface area contributed by atoms with Crippen molar-refractivity contribution in [2.45, 2.75) is 50.7 Å². The highest BCUT2D eigenvalue weighted by Gasteiger charge is 2.34. The number of rotatable bonds is 11. The molecule has 1 aliphatic carbocycles. The molecular formula is C30H32BrCl2N3O4S. The third kappa shape index (κ3) is 8.70. The van der Waals surface area contributed by atoms with Gasteiger partial charge in [-0.25, -0.2) is 8.42 Å². The smallest absolute Gasteiger partial charge is 0.244 e. The maximum atomic E-state index is 14.2. The molecule has 3 aromatic rings. The maximum Gasteiger partial charge on any atom is 0.244 e. The van der Waals surface area contributed by atoms with E-state index >= 15 is 0 Å². The molecule has 0 bridgehead atoms. The number of nitrogens with one attached hydrogen (secondary N) is 1. The highest BCUT2D eigenvalue weighted by molar-refractivity contribution is 9.10. The van der Waals surface area contributed by atoms with Gasteiger partial charge in [0, 0.05) is 28.5 Å². The van der Waals surface area contributed by atoms with Crippen LogP contribution in [0.1, 0.15) is 36.8 Å². The van der Waals surface area contributed by atoms with Gasteiger partial charge in [0.05, 0.1) is 17.0 Å². The van der Waals surface area contributed by atoms with E-state index in [4.69, 9.17) is 23.2 Å². The molecule has 0 unspecified atom stereocenters. The molecule has 218 valence electrons. The Kier molecular flexibility index (Phi) is 10.7. The Balaban J connectivity index is 1.74. The predicted octanol–water partition coefficient (Wildman–Crippen LogP) is 6.22. The first kappa shape index (κ1) is 31.3. The fourth-order valence-electron chi connectivity index (χ4n) is 5.03. The summed E-state index contributed by atoms with van der Waals surface area (Å²) in [6, 6.07) is 20.5. The molecule has 0 aromatic heterocycles. The Labute approximate surface area is 260 Å². The van der Waals surface area contributed by atoms with Gasteiger partial charge < -0.3 is 10.2 Å². The van der Waals surface area contributed by atoms with Gasteiger partial charge in [-0.15, -0.1) is 0 Å². The van der Waals surface area contributed by atoms with Crippen LogP contribution in [0.2, 0.25) is 10.0 Å². The minimum Gasteiger partial charge on any atom is -0.352 e. The highest BCUT2D eigenvalue weighted by Crippen LogP contribution is 2.31. The number of nitrogens with zero attached hydrogens (tertiary/aromatic N) is 2. The van der Waals surface area contributed by atoms with Crippen molar-refractivity contribution in [2.24, 2.45) is 0 Å². The number of benzene rings is 3. The van der Waals surface area contributed by atoms with E-state index in [2.05, 4.69) is 21.2 Å². The lowest BCUT2D eigenvalue weighted by Gasteiger charge is -2.34. The van der Waals surface area contributed by atoms with Gasteiger partial charge in [0.2, 0.25) is 21.8 Å². The summed E-state index contributed by atoms with van der Waals surface area (Å²) in [6.45, 7) is -0.448. The van der Waals surface area contributed by atoms with Crippen molar-refractivity contribution >= 4 is 66.7 Å². The van der Waals surface area contributed by atoms with E-state index in [1.54, 1.807) is 0 Å². The lowest BCUT2D eigenvalue weighted by molar-refractivity contribution is -0.140. The maximum absolute atomic E-state index is 14.2. The summed E-state index contributed by atoms with van der Waals surface area (Å²) in [5, 5.41) is 3.58. The number of carbonyl (C=O) groups is 2. The molecule has 1 aliphatic rings. The Morgan fingerprint density at radius 2 is 1.66 bits per heavy atom. The van der Waals surface area contributed by atoms with Crippen LogP contribution in [0.15, 0.2) is 77.3 Å². The first-order valence-electron chi connectivity index (χ1n) is 13.3. The van der Waals surface area contributed by atoms with Crippen LogP contribution in [0.5, 0.6) is 0 Å². The summed E-state index contributed by atoms with van der Waals surface area (Å²) in [4.78, 5) is 29.5. The molecule has 3 aromatic carbocycles. The molecule has 0 radical (unpaired) electrons. The number of hydrogen-bond acceptors (Lipinski definition) is 4. The van der Waals surface area contributed by atoms with E-state index in [1.807, 2.05) is 54.6 Å². The van der Waals surface area contributed by atoms with Crippen molar-refractivity contribution in [3.63, 3.8) is 0 Å². The Hall–Kier alpha value is -2.59. The summed E-state index contributed by atoms with van der Waals surface area (Å²) in [5.74, 6) is -0.802. The zero-order valence-corrected chi connectivity index (χ0v) is 26.5. The van der Waals surface area contributed by atoms with Gasteiger partial charge in [-0.05, 0) is 54.3 Å². The third-order valence-electron chi connectivity index (χ3n) is 7.07. The van der Waals surface area contributed by atoms with Crippen molar-refractivity contribution in [1.82, 2.24) is 10.2 Å². The normalized spacial score (nSPS) is 14.4. The van der Waals surface area contributed by atoms with Gasteiger partial charge in [-0.1, -0.05) is 94.4 Å². The van der Waals surface area contributed by atoms with Crippen LogP contribution in [-0.2, 0) is 32.6 Å². The molecule has 1 atom stereocenters. The molecule has 41 heavy (non-hydrogen) atoms. The molecule has 0 saturated heterocycles. The zero-order chi connectivity index (χ0) is 29.6. The Bertz CT molecular complexity index is 1480. The van der Waals surface area contributed by atoms with Gasteiger partial charge in [0.15, 0.2) is 0 Å². The number of amides is 2. The van der Waals surface area contributed by atoms with E-state index < -0.39 is 28.5 Å². The predicted molar refractivity (Wildman–Crippen MR) is 168 cm³/mol. The number of sulfonamides is 1. The second kappa shape index (κ2) is 14.1. The summed E-state index contributed by atoms with van der Waals surface area (Å²) in [7, 11) is -3.93. The molecule has 1 N–H and O–H groups in total. The monoisotopic (exact) mass is 679 g/mol. The van der Waals surface area contributed by atoms with E-state index in [0.29, 0.717) is 5.02 Å². The number of hydrogen-bond donors (Lipinski definition) is 1. The van der Waals surface area contributed by atoms with Crippen LogP contribution in [0.3, 0.4) is 0 Å². The molecule has 7 nitrogen and oxygen atoms in total. The molecule has 0 heterocycles. The standard InChI is InChI=1S/C30H32BrCl2N3O4S/c1-41(39,40)36(27-15-14-24(32)18-26(27)33)20-29(37)35(19-22-10-7-11-23(31)16-22)28(17-21-8-3-2-4-9-21)30(38)34-25-12-5-6-13-25/h2-4,7-11,14-16,18,25,28H,5-6,12-13,17,19-20H2,1H3,(H,34,38)/t28-/m0/s1. The Morgan fingerprint density at radius 1 is 0.976 bits per heavy atom. The SMILES string of the molecule is CS(=O)(=O)N(CC(=O)N(Cc1cccc(Br)c1)[C@@H](Cc1ccccc1)C(=O)NC1CCCC1)c1ccc(Cl)cc1Cl. The van der Waals surface area contributed by atoms with Gasteiger partial charge in [0.25, 0.3) is 0 Å². The second-order valence-corrected chi connectivity index (χ2v) is 13.9. The van der Waals surface area contributed by atoms with Crippen molar-refractivity contribution in [3.05, 3.63) is 98.4 Å². The molecule has 1 fully saturated rings. The minimum atomic E-state index is -3.93. The van der Waals surface area contributed by atoms with Crippen LogP contribution in [0.25, 0.3) is 0 Å². The molecule has 11 heteroatoms. The van der Waals surface area contributed by atoms with Crippen LogP contribution >= 0.6 is 39.1 Å². The van der Waals surface area contributed by atoms with E-state index in [0.717, 1.165) is 51.8 Å². The molecular weight excluding hydrogens is 649 g/mol. The first-order chi connectivity index (χ1) is 19.5. The average Bonchev–Trinajstić information content (AvgIpc) is 3.42. The first-order valence-corrected chi connectivity index (χ1v) is 16.7. The van der Waals surface area contributed by atoms with Gasteiger partial charge >= 0.3 is 0 Å². The van der Waals surface area contributed by atoms with Crippen molar-refractivity contribution in [3.8, 4) is 0 Å². The van der Waals surface area contributed by atoms with Crippen LogP contribution in [0, 0.1) is 0 Å². The van der Waals surface area contributed by atoms with Crippen LogP contribution < -0.4 is 9.62 Å². The van der Waals surface area contributed by atoms with E-state index in [1.165, 1.54) is 23.1 Å². The summed E-state index contributed by atoms with van der Waals surface area (Å²) in [6.07, 6.45) is 5.14. The van der Waals surface area contributed by atoms with Crippen LogP contribution in [0.4, 0.5) is 5.69 Å². The number of anilines is 1. The zero-order valence-electron chi connectivity index (χ0n) is 22.6. The molecule has 0 aliphatic heterocycles. The average molecular weight is 681 g/mol. The quantitative estimate of drug-likeness (QED) is 0.261. The fraction of sp³-hybridized carbons (Fsp3) is 0.333. The van der Waals surface area contributed by atoms with E-state index in [9.17, 15) is 18.0 Å². The van der Waals surface area contributed by atoms with Crippen molar-refractivity contribution in [1.29, 1.82) is 0 Å². The van der Waals surface area contributed by atoms with Crippen LogP contribution in [-0.4, -0.2) is 50.0 Å². The summed E-state index contributed by atoms with van der Waals surface area (Å²) >= 11 is 15.9. The van der Waals surface area contributed by atoms with Crippen molar-refractivity contribution < 1.29 is 18.0 Å². The lowest BCUT2D eigenvalue weighted by Crippen LogP contribution is -2.54. The number of halogens is 3. The lowest BCUT2D eigenvalue weighted by atomic mass is 10.0. The molecule has 1 saturated carbocycles. The summed E-state index contributed by atoms with van der Waals surface area (Å²) in [5.41, 5.74) is 1.80. The minimum absolute atomic E-state index is 0.0454.